The highest BCUT2D eigenvalue weighted by molar-refractivity contribution is 7.91. The Balaban J connectivity index is 1.55. The molecule has 130 valence electrons. The Labute approximate surface area is 147 Å². The average molecular weight is 366 g/mol. The van der Waals surface area contributed by atoms with Gasteiger partial charge in [0.2, 0.25) is 10.0 Å². The van der Waals surface area contributed by atoms with Gasteiger partial charge >= 0.3 is 0 Å². The Bertz CT molecular complexity index is 796. The maximum atomic E-state index is 12.2. The molecule has 1 heterocycles. The number of thiophene rings is 1. The molecule has 0 unspecified atom stereocenters. The second kappa shape index (κ2) is 7.68. The Morgan fingerprint density at radius 3 is 2.79 bits per heavy atom. The number of fused-ring (bicyclic) bond motifs is 1. The van der Waals surface area contributed by atoms with E-state index in [1.807, 2.05) is 25.1 Å². The fraction of sp³-hybridized carbons (Fsp3) is 0.444. The highest BCUT2D eigenvalue weighted by Gasteiger charge is 2.17. The second-order valence-electron chi connectivity index (χ2n) is 5.92. The number of hydrogen-bond donors (Lipinski definition) is 1. The van der Waals surface area contributed by atoms with Crippen molar-refractivity contribution in [3.63, 3.8) is 0 Å². The van der Waals surface area contributed by atoms with Crippen LogP contribution < -0.4 is 9.46 Å². The third kappa shape index (κ3) is 3.99. The summed E-state index contributed by atoms with van der Waals surface area (Å²) in [6.07, 6.45) is 5.43. The lowest BCUT2D eigenvalue weighted by atomic mass is 9.91. The normalized spacial score (nSPS) is 14.4. The first-order chi connectivity index (χ1) is 11.6. The minimum Gasteiger partial charge on any atom is -0.492 e. The van der Waals surface area contributed by atoms with Crippen LogP contribution in [-0.4, -0.2) is 21.6 Å². The highest BCUT2D eigenvalue weighted by atomic mass is 32.2. The molecule has 0 atom stereocenters. The van der Waals surface area contributed by atoms with Crippen LogP contribution in [0, 0.1) is 0 Å². The molecule has 0 fully saturated rings. The van der Waals surface area contributed by atoms with Crippen LogP contribution in [0.4, 0.5) is 0 Å². The summed E-state index contributed by atoms with van der Waals surface area (Å²) in [7, 11) is -3.43. The minimum absolute atomic E-state index is 0.269. The zero-order chi connectivity index (χ0) is 17.0. The third-order valence-corrected chi connectivity index (χ3v) is 7.44. The van der Waals surface area contributed by atoms with Crippen LogP contribution in [0.25, 0.3) is 0 Å². The summed E-state index contributed by atoms with van der Waals surface area (Å²) >= 11 is 1.32. The van der Waals surface area contributed by atoms with Crippen LogP contribution >= 0.6 is 11.3 Å². The SMILES string of the molecule is CCc1ccc(S(=O)(=O)NCCOc2cccc3c2CCCC3)s1. The van der Waals surface area contributed by atoms with E-state index in [-0.39, 0.29) is 6.54 Å². The summed E-state index contributed by atoms with van der Waals surface area (Å²) in [5.41, 5.74) is 2.66. The molecule has 24 heavy (non-hydrogen) atoms. The van der Waals surface area contributed by atoms with Crippen molar-refractivity contribution < 1.29 is 13.2 Å². The molecule has 1 aliphatic carbocycles. The zero-order valence-corrected chi connectivity index (χ0v) is 15.5. The maximum absolute atomic E-state index is 12.2. The summed E-state index contributed by atoms with van der Waals surface area (Å²) in [5.74, 6) is 0.899. The van der Waals surface area contributed by atoms with Gasteiger partial charge in [-0.25, -0.2) is 13.1 Å². The van der Waals surface area contributed by atoms with Gasteiger partial charge < -0.3 is 4.74 Å². The van der Waals surface area contributed by atoms with Gasteiger partial charge in [0.15, 0.2) is 0 Å². The van der Waals surface area contributed by atoms with Crippen LogP contribution in [0.2, 0.25) is 0 Å². The van der Waals surface area contributed by atoms with Gasteiger partial charge in [0.05, 0.1) is 0 Å². The summed E-state index contributed by atoms with van der Waals surface area (Å²) in [4.78, 5) is 1.07. The van der Waals surface area contributed by atoms with Crippen molar-refractivity contribution in [1.82, 2.24) is 4.72 Å². The Morgan fingerprint density at radius 1 is 1.17 bits per heavy atom. The van der Waals surface area contributed by atoms with Crippen LogP contribution in [0.1, 0.15) is 35.8 Å². The lowest BCUT2D eigenvalue weighted by Gasteiger charge is -2.19. The van der Waals surface area contributed by atoms with Gasteiger partial charge in [-0.2, -0.15) is 0 Å². The number of hydrogen-bond acceptors (Lipinski definition) is 4. The van der Waals surface area contributed by atoms with Crippen LogP contribution in [0.5, 0.6) is 5.75 Å². The van der Waals surface area contributed by atoms with Crippen molar-refractivity contribution in [2.45, 2.75) is 43.2 Å². The van der Waals surface area contributed by atoms with Crippen LogP contribution in [0.3, 0.4) is 0 Å². The van der Waals surface area contributed by atoms with Gasteiger partial charge in [-0.3, -0.25) is 0 Å². The van der Waals surface area contributed by atoms with E-state index in [0.29, 0.717) is 10.8 Å². The smallest absolute Gasteiger partial charge is 0.250 e. The van der Waals surface area contributed by atoms with E-state index in [2.05, 4.69) is 10.8 Å². The Hall–Kier alpha value is -1.37. The second-order valence-corrected chi connectivity index (χ2v) is 9.08. The minimum atomic E-state index is -3.43. The molecule has 0 spiro atoms. The third-order valence-electron chi connectivity index (χ3n) is 4.25. The van der Waals surface area contributed by atoms with Crippen molar-refractivity contribution in [1.29, 1.82) is 0 Å². The van der Waals surface area contributed by atoms with Gasteiger partial charge in [0.25, 0.3) is 0 Å². The number of ether oxygens (including phenoxy) is 1. The number of sulfonamides is 1. The van der Waals surface area contributed by atoms with E-state index in [1.54, 1.807) is 6.07 Å². The van der Waals surface area contributed by atoms with Crippen molar-refractivity contribution >= 4 is 21.4 Å². The Kier molecular flexibility index (Phi) is 5.58. The number of aryl methyl sites for hydroxylation is 2. The van der Waals surface area contributed by atoms with Crippen molar-refractivity contribution in [3.05, 3.63) is 46.3 Å². The molecule has 0 radical (unpaired) electrons. The summed E-state index contributed by atoms with van der Waals surface area (Å²) in [6.45, 7) is 2.62. The molecule has 1 aromatic carbocycles. The standard InChI is InChI=1S/C18H23NO3S2/c1-2-15-10-11-18(23-15)24(20,21)19-12-13-22-17-9-5-7-14-6-3-4-8-16(14)17/h5,7,9-11,19H,2-4,6,8,12-13H2,1H3. The van der Waals surface area contributed by atoms with E-state index in [0.717, 1.165) is 29.9 Å². The predicted molar refractivity (Wildman–Crippen MR) is 97.5 cm³/mol. The summed E-state index contributed by atoms with van der Waals surface area (Å²) in [6, 6.07) is 9.69. The van der Waals surface area contributed by atoms with Crippen molar-refractivity contribution in [2.24, 2.45) is 0 Å². The maximum Gasteiger partial charge on any atom is 0.250 e. The summed E-state index contributed by atoms with van der Waals surface area (Å²) in [5, 5.41) is 0. The number of nitrogens with one attached hydrogen (secondary N) is 1. The van der Waals surface area contributed by atoms with E-state index < -0.39 is 10.0 Å². The highest BCUT2D eigenvalue weighted by Crippen LogP contribution is 2.29. The molecule has 4 nitrogen and oxygen atoms in total. The molecule has 1 aromatic heterocycles. The van der Waals surface area contributed by atoms with Gasteiger partial charge in [-0.1, -0.05) is 19.1 Å². The molecule has 1 N–H and O–H groups in total. The van der Waals surface area contributed by atoms with Crippen molar-refractivity contribution in [3.8, 4) is 5.75 Å². The van der Waals surface area contributed by atoms with E-state index in [9.17, 15) is 8.42 Å². The molecule has 0 saturated heterocycles. The first-order valence-corrected chi connectivity index (χ1v) is 10.7. The van der Waals surface area contributed by atoms with Gasteiger partial charge in [0.1, 0.15) is 16.6 Å². The first-order valence-electron chi connectivity index (χ1n) is 8.42. The lowest BCUT2D eigenvalue weighted by Crippen LogP contribution is -2.27. The zero-order valence-electron chi connectivity index (χ0n) is 13.9. The molecular weight excluding hydrogens is 342 g/mol. The molecule has 0 aliphatic heterocycles. The molecule has 2 aromatic rings. The Morgan fingerprint density at radius 2 is 2.00 bits per heavy atom. The molecular formula is C18H23NO3S2. The predicted octanol–water partition coefficient (Wildman–Crippen LogP) is 3.55. The molecule has 1 aliphatic rings. The van der Waals surface area contributed by atoms with Gasteiger partial charge in [0, 0.05) is 11.4 Å². The molecule has 0 bridgehead atoms. The largest absolute Gasteiger partial charge is 0.492 e. The molecule has 0 amide bonds. The fourth-order valence-electron chi connectivity index (χ4n) is 2.98. The molecule has 6 heteroatoms. The topological polar surface area (TPSA) is 55.4 Å². The number of benzene rings is 1. The van der Waals surface area contributed by atoms with E-state index >= 15 is 0 Å². The summed E-state index contributed by atoms with van der Waals surface area (Å²) < 4.78 is 33.3. The van der Waals surface area contributed by atoms with Gasteiger partial charge in [-0.15, -0.1) is 11.3 Å². The quantitative estimate of drug-likeness (QED) is 0.764. The average Bonchev–Trinajstić information content (AvgIpc) is 3.09. The van der Waals surface area contributed by atoms with Gasteiger partial charge in [-0.05, 0) is 61.4 Å². The van der Waals surface area contributed by atoms with E-state index in [4.69, 9.17) is 4.74 Å². The molecule has 3 rings (SSSR count). The van der Waals surface area contributed by atoms with Crippen LogP contribution in [-0.2, 0) is 29.3 Å². The first kappa shape index (κ1) is 17.5. The fourth-order valence-corrected chi connectivity index (χ4v) is 5.34. The van der Waals surface area contributed by atoms with E-state index in [1.165, 1.54) is 35.3 Å². The lowest BCUT2D eigenvalue weighted by molar-refractivity contribution is 0.318. The van der Waals surface area contributed by atoms with Crippen molar-refractivity contribution in [2.75, 3.05) is 13.2 Å². The monoisotopic (exact) mass is 365 g/mol. The molecule has 0 saturated carbocycles. The number of rotatable bonds is 7. The van der Waals surface area contributed by atoms with Crippen LogP contribution in [0.15, 0.2) is 34.5 Å².